The second-order valence-electron chi connectivity index (χ2n) is 14.6. The van der Waals surface area contributed by atoms with Crippen molar-refractivity contribution in [1.82, 2.24) is 15.5 Å². The fraction of sp³-hybridized carbons (Fsp3) is 0.750. The Hall–Kier alpha value is -2.75. The van der Waals surface area contributed by atoms with Crippen molar-refractivity contribution in [2.75, 3.05) is 6.54 Å². The number of nitro groups is 1. The molecule has 1 amide bonds. The highest BCUT2D eigenvalue weighted by Crippen LogP contribution is 2.65. The van der Waals surface area contributed by atoms with Gasteiger partial charge in [0, 0.05) is 6.54 Å². The molecule has 1 heterocycles. The Morgan fingerprint density at radius 1 is 1.17 bits per heavy atom. The number of guanidine groups is 1. The Morgan fingerprint density at radius 2 is 1.87 bits per heavy atom. The first-order valence-electron chi connectivity index (χ1n) is 17.0. The zero-order valence-electron chi connectivity index (χ0n) is 28.7. The smallest absolute Gasteiger partial charge is 0.404 e. The second-order valence-corrected chi connectivity index (χ2v) is 16.3. The summed E-state index contributed by atoms with van der Waals surface area (Å²) in [6.07, 6.45) is 6.92. The van der Waals surface area contributed by atoms with Gasteiger partial charge in [0.05, 0.1) is 22.5 Å². The molecule has 0 unspecified atom stereocenters. The summed E-state index contributed by atoms with van der Waals surface area (Å²) in [5.74, 6) is -0.253. The van der Waals surface area contributed by atoms with Gasteiger partial charge in [0.2, 0.25) is 15.9 Å². The van der Waals surface area contributed by atoms with Crippen LogP contribution in [0.15, 0.2) is 34.2 Å². The van der Waals surface area contributed by atoms with Crippen LogP contribution >= 0.6 is 0 Å². The predicted molar refractivity (Wildman–Crippen MR) is 181 cm³/mol. The van der Waals surface area contributed by atoms with E-state index in [1.807, 2.05) is 0 Å². The van der Waals surface area contributed by atoms with E-state index in [0.717, 1.165) is 44.1 Å². The van der Waals surface area contributed by atoms with Crippen molar-refractivity contribution in [1.29, 1.82) is 0 Å². The zero-order valence-corrected chi connectivity index (χ0v) is 29.5. The van der Waals surface area contributed by atoms with Crippen molar-refractivity contribution in [3.8, 4) is 0 Å². The molecule has 0 spiro atoms. The summed E-state index contributed by atoms with van der Waals surface area (Å²) in [6, 6.07) is 5.58. The average molecular weight is 677 g/mol. The van der Waals surface area contributed by atoms with Gasteiger partial charge in [-0.15, -0.1) is 0 Å². The fourth-order valence-corrected chi connectivity index (χ4v) is 8.87. The molecular formula is C32H53BN6O7S. The van der Waals surface area contributed by atoms with E-state index in [9.17, 15) is 23.3 Å². The van der Waals surface area contributed by atoms with Gasteiger partial charge in [0.15, 0.2) is 5.03 Å². The minimum Gasteiger partial charge on any atom is -0.404 e. The van der Waals surface area contributed by atoms with Crippen LogP contribution < -0.4 is 21.2 Å². The lowest BCUT2D eigenvalue weighted by Crippen LogP contribution is -2.65. The van der Waals surface area contributed by atoms with E-state index in [-0.39, 0.29) is 47.7 Å². The van der Waals surface area contributed by atoms with Gasteiger partial charge < -0.3 is 20.4 Å². The van der Waals surface area contributed by atoms with Crippen molar-refractivity contribution in [3.63, 3.8) is 0 Å². The van der Waals surface area contributed by atoms with Crippen molar-refractivity contribution >= 4 is 29.0 Å². The third-order valence-corrected chi connectivity index (χ3v) is 11.9. The van der Waals surface area contributed by atoms with E-state index in [1.54, 1.807) is 29.7 Å². The number of aliphatic imine (C=N–C) groups is 1. The number of carbonyl (C=O) groups excluding carboxylic acids is 1. The molecule has 3 saturated carbocycles. The number of nitrogens with one attached hydrogen (secondary N) is 3. The Balaban J connectivity index is 1.50. The molecule has 3 aliphatic carbocycles. The number of hydrazine groups is 1. The summed E-state index contributed by atoms with van der Waals surface area (Å²) in [5, 5.41) is 12.9. The molecule has 0 radical (unpaired) electrons. The maximum atomic E-state index is 13.9. The minimum atomic E-state index is -4.07. The van der Waals surface area contributed by atoms with E-state index in [1.165, 1.54) is 0 Å². The number of rotatable bonds is 17. The largest absolute Gasteiger partial charge is 0.481 e. The second kappa shape index (κ2) is 15.2. The number of hydrogen-bond donors (Lipinski definition) is 4. The summed E-state index contributed by atoms with van der Waals surface area (Å²) in [4.78, 5) is 28.6. The molecule has 0 aromatic heterocycles. The molecule has 15 heteroatoms. The Kier molecular flexibility index (Phi) is 12.0. The van der Waals surface area contributed by atoms with E-state index in [4.69, 9.17) is 15.0 Å². The third-order valence-electron chi connectivity index (χ3n) is 10.4. The highest BCUT2D eigenvalue weighted by atomic mass is 32.2. The number of carbonyl (C=O) groups is 1. The van der Waals surface area contributed by atoms with Crippen LogP contribution in [0.2, 0.25) is 0 Å². The molecule has 2 bridgehead atoms. The SMILES string of the molecule is CCCCCc1ccc(S(=O)(=O)N[C@@H](CCCN=C(N)N[N+](=O)[O-])C(=O)N[C@@H](CC(C)C)B2O[C@@H]3C[C@H]4C[C@H](C4(C)C)[C@]3(C)O2)cc1. The lowest BCUT2D eigenvalue weighted by molar-refractivity contribution is -0.525. The van der Waals surface area contributed by atoms with Gasteiger partial charge in [-0.2, -0.15) is 4.72 Å². The molecule has 1 aromatic carbocycles. The summed E-state index contributed by atoms with van der Waals surface area (Å²) < 4.78 is 42.9. The Bertz CT molecular complexity index is 1390. The molecule has 1 aromatic rings. The number of nitrogens with zero attached hydrogens (tertiary/aromatic N) is 2. The van der Waals surface area contributed by atoms with Crippen molar-refractivity contribution in [2.45, 2.75) is 128 Å². The summed E-state index contributed by atoms with van der Waals surface area (Å²) in [5.41, 5.74) is 8.06. The highest BCUT2D eigenvalue weighted by Gasteiger charge is 2.68. The Morgan fingerprint density at radius 3 is 2.49 bits per heavy atom. The van der Waals surface area contributed by atoms with Crippen LogP contribution in [-0.2, 0) is 30.5 Å². The van der Waals surface area contributed by atoms with Crippen LogP contribution in [-0.4, -0.2) is 62.7 Å². The van der Waals surface area contributed by atoms with E-state index >= 15 is 0 Å². The third kappa shape index (κ3) is 8.84. The summed E-state index contributed by atoms with van der Waals surface area (Å²) in [7, 11) is -4.74. The molecule has 1 aliphatic heterocycles. The standard InChI is InChI=1S/C32H53BN6O7S/c1-7-8-9-11-22-13-15-24(16-14-22)47(43,44)38-25(12-10-17-35-30(34)37-39(41)42)29(40)36-28(18-21(2)3)33-45-27-20-23-19-26(31(23,4)5)32(27,6)46-33/h13-16,21,23,25-28,38H,7-12,17-20H2,1-6H3,(H,36,40)(H3,34,35,37)/t23-,25+,26-,27-,28+,32+/m1/s1. The van der Waals surface area contributed by atoms with Gasteiger partial charge in [-0.1, -0.05) is 65.0 Å². The quantitative estimate of drug-likeness (QED) is 0.0476. The van der Waals surface area contributed by atoms with Crippen LogP contribution in [0.25, 0.3) is 0 Å². The molecule has 4 fully saturated rings. The molecule has 13 nitrogen and oxygen atoms in total. The summed E-state index contributed by atoms with van der Waals surface area (Å²) in [6.45, 7) is 13.0. The fourth-order valence-electron chi connectivity index (χ4n) is 7.64. The van der Waals surface area contributed by atoms with Crippen LogP contribution in [0, 0.1) is 33.3 Å². The minimum absolute atomic E-state index is 0.0489. The zero-order chi connectivity index (χ0) is 34.6. The maximum absolute atomic E-state index is 13.9. The van der Waals surface area contributed by atoms with Crippen molar-refractivity contribution < 1.29 is 27.6 Å². The van der Waals surface area contributed by atoms with Crippen LogP contribution in [0.3, 0.4) is 0 Å². The van der Waals surface area contributed by atoms with Crippen molar-refractivity contribution in [2.24, 2.45) is 33.9 Å². The molecule has 5 rings (SSSR count). The first kappa shape index (κ1) is 37.1. The van der Waals surface area contributed by atoms with Gasteiger partial charge >= 0.3 is 7.12 Å². The number of hydrogen-bond acceptors (Lipinski definition) is 8. The number of nitrogens with two attached hydrogens (primary N) is 1. The van der Waals surface area contributed by atoms with Crippen LogP contribution in [0.1, 0.15) is 98.5 Å². The van der Waals surface area contributed by atoms with Gasteiger partial charge in [-0.25, -0.2) is 23.5 Å². The van der Waals surface area contributed by atoms with Gasteiger partial charge in [-0.3, -0.25) is 4.79 Å². The first-order valence-corrected chi connectivity index (χ1v) is 18.5. The first-order chi connectivity index (χ1) is 22.1. The van der Waals surface area contributed by atoms with E-state index < -0.39 is 45.7 Å². The van der Waals surface area contributed by atoms with E-state index in [2.05, 4.69) is 56.6 Å². The van der Waals surface area contributed by atoms with Gasteiger partial charge in [0.25, 0.3) is 5.96 Å². The molecule has 47 heavy (non-hydrogen) atoms. The molecule has 4 aliphatic rings. The molecule has 5 N–H and O–H groups in total. The Labute approximate surface area is 279 Å². The predicted octanol–water partition coefficient (Wildman–Crippen LogP) is 3.74. The number of unbranched alkanes of at least 4 members (excludes halogenated alkanes) is 2. The van der Waals surface area contributed by atoms with E-state index in [0.29, 0.717) is 18.3 Å². The maximum Gasteiger partial charge on any atom is 0.481 e. The molecule has 262 valence electrons. The van der Waals surface area contributed by atoms with Gasteiger partial charge in [-0.05, 0) is 92.7 Å². The van der Waals surface area contributed by atoms with Crippen LogP contribution in [0.4, 0.5) is 0 Å². The monoisotopic (exact) mass is 676 g/mol. The topological polar surface area (TPSA) is 187 Å². The molecule has 6 atom stereocenters. The normalized spacial score (nSPS) is 26.3. The molecule has 1 saturated heterocycles. The highest BCUT2D eigenvalue weighted by molar-refractivity contribution is 7.89. The van der Waals surface area contributed by atoms with Crippen LogP contribution in [0.5, 0.6) is 0 Å². The lowest BCUT2D eigenvalue weighted by Gasteiger charge is -2.64. The molecular weight excluding hydrogens is 623 g/mol. The number of benzene rings is 1. The lowest BCUT2D eigenvalue weighted by atomic mass is 9.43. The number of amides is 1. The number of aryl methyl sites for hydroxylation is 1. The van der Waals surface area contributed by atoms with Crippen molar-refractivity contribution in [3.05, 3.63) is 39.9 Å². The van der Waals surface area contributed by atoms with Gasteiger partial charge in [0.1, 0.15) is 6.04 Å². The number of sulfonamides is 1. The summed E-state index contributed by atoms with van der Waals surface area (Å²) >= 11 is 0. The average Bonchev–Trinajstić information content (AvgIpc) is 3.35.